The standard InChI is InChI=1S/C26H24I2N2O3/c1-16-4-11-22(12-5-16)30(27)25-14-17(2)29(18(3)31)24-13-10-21(15-23(24)25)19-6-8-20(9-7-19)26(32)33-28/h4-13,15,17,25H,14H2,1-3H3/t17-,25+/m0/s1. The first kappa shape index (κ1) is 24.0. The molecule has 4 rings (SSSR count). The van der Waals surface area contributed by atoms with E-state index in [1.807, 2.05) is 29.2 Å². The minimum Gasteiger partial charge on any atom is -0.391 e. The molecule has 3 aromatic rings. The molecule has 1 aliphatic heterocycles. The molecule has 1 heterocycles. The monoisotopic (exact) mass is 666 g/mol. The molecule has 5 nitrogen and oxygen atoms in total. The van der Waals surface area contributed by atoms with Gasteiger partial charge >= 0.3 is 5.97 Å². The SMILES string of the molecule is CC(=O)N1c2ccc(-c3ccc(C(=O)OI)cc3)cc2[C@H](N(I)c2ccc(C)cc2)C[C@@H]1C. The molecule has 0 aromatic heterocycles. The van der Waals surface area contributed by atoms with Crippen LogP contribution < -0.4 is 8.01 Å². The zero-order chi connectivity index (χ0) is 23.7. The molecule has 0 bridgehead atoms. The van der Waals surface area contributed by atoms with Crippen molar-refractivity contribution < 1.29 is 12.7 Å². The molecular weight excluding hydrogens is 642 g/mol. The van der Waals surface area contributed by atoms with Gasteiger partial charge in [0.05, 0.1) is 34.5 Å². The third-order valence-electron chi connectivity index (χ3n) is 6.07. The lowest BCUT2D eigenvalue weighted by molar-refractivity contribution is -0.117. The molecule has 0 radical (unpaired) electrons. The van der Waals surface area contributed by atoms with E-state index in [1.54, 1.807) is 42.1 Å². The summed E-state index contributed by atoms with van der Waals surface area (Å²) in [6.45, 7) is 5.82. The summed E-state index contributed by atoms with van der Waals surface area (Å²) < 4.78 is 7.05. The first-order valence-electron chi connectivity index (χ1n) is 10.7. The molecule has 7 heteroatoms. The van der Waals surface area contributed by atoms with Gasteiger partial charge in [-0.05, 0) is 73.4 Å². The maximum absolute atomic E-state index is 12.5. The fourth-order valence-electron chi connectivity index (χ4n) is 4.42. The van der Waals surface area contributed by atoms with Crippen LogP contribution in [0.5, 0.6) is 0 Å². The van der Waals surface area contributed by atoms with Crippen molar-refractivity contribution in [3.63, 3.8) is 0 Å². The predicted octanol–water partition coefficient (Wildman–Crippen LogP) is 7.21. The summed E-state index contributed by atoms with van der Waals surface area (Å²) in [4.78, 5) is 26.2. The third kappa shape index (κ3) is 4.89. The Balaban J connectivity index is 1.78. The Morgan fingerprint density at radius 3 is 2.24 bits per heavy atom. The van der Waals surface area contributed by atoms with Crippen LogP contribution in [0, 0.1) is 6.92 Å². The second-order valence-corrected chi connectivity index (χ2v) is 9.83. The second kappa shape index (κ2) is 10.0. The number of hydrogen-bond acceptors (Lipinski definition) is 4. The number of nitrogens with zero attached hydrogens (tertiary/aromatic N) is 2. The molecule has 0 unspecified atom stereocenters. The number of anilines is 2. The minimum atomic E-state index is -0.364. The molecule has 33 heavy (non-hydrogen) atoms. The van der Waals surface area contributed by atoms with Crippen LogP contribution in [-0.2, 0) is 7.86 Å². The van der Waals surface area contributed by atoms with Gasteiger partial charge in [-0.2, -0.15) is 0 Å². The van der Waals surface area contributed by atoms with Crippen LogP contribution >= 0.6 is 45.9 Å². The van der Waals surface area contributed by atoms with E-state index in [1.165, 1.54) is 5.56 Å². The van der Waals surface area contributed by atoms with Crippen LogP contribution in [0.15, 0.2) is 66.7 Å². The van der Waals surface area contributed by atoms with E-state index in [0.29, 0.717) is 5.56 Å². The highest BCUT2D eigenvalue weighted by Crippen LogP contribution is 2.45. The highest BCUT2D eigenvalue weighted by atomic mass is 127. The molecule has 0 fully saturated rings. The number of carbonyl (C=O) groups is 2. The Kier molecular flexibility index (Phi) is 7.28. The zero-order valence-corrected chi connectivity index (χ0v) is 22.9. The van der Waals surface area contributed by atoms with Gasteiger partial charge in [0.15, 0.2) is 23.0 Å². The smallest absolute Gasteiger partial charge is 0.347 e. The largest absolute Gasteiger partial charge is 0.391 e. The molecule has 1 amide bonds. The van der Waals surface area contributed by atoms with Gasteiger partial charge < -0.3 is 11.1 Å². The van der Waals surface area contributed by atoms with Crippen molar-refractivity contribution in [1.29, 1.82) is 0 Å². The molecule has 0 saturated heterocycles. The number of hydrogen-bond donors (Lipinski definition) is 0. The highest BCUT2D eigenvalue weighted by Gasteiger charge is 2.35. The van der Waals surface area contributed by atoms with Gasteiger partial charge in [0.1, 0.15) is 0 Å². The van der Waals surface area contributed by atoms with Crippen LogP contribution in [0.4, 0.5) is 11.4 Å². The van der Waals surface area contributed by atoms with E-state index in [2.05, 4.69) is 70.2 Å². The summed E-state index contributed by atoms with van der Waals surface area (Å²) in [5, 5.41) is 0. The molecule has 170 valence electrons. The Morgan fingerprint density at radius 1 is 1.00 bits per heavy atom. The first-order valence-corrected chi connectivity index (χ1v) is 12.5. The van der Waals surface area contributed by atoms with Gasteiger partial charge in [-0.3, -0.25) is 4.79 Å². The quantitative estimate of drug-likeness (QED) is 0.218. The fourth-order valence-corrected chi connectivity index (χ4v) is 5.52. The maximum Gasteiger partial charge on any atom is 0.347 e. The highest BCUT2D eigenvalue weighted by molar-refractivity contribution is 14.1. The number of aryl methyl sites for hydroxylation is 1. The number of amides is 1. The Morgan fingerprint density at radius 2 is 1.64 bits per heavy atom. The Bertz CT molecular complexity index is 1180. The van der Waals surface area contributed by atoms with Gasteiger partial charge in [0.2, 0.25) is 5.91 Å². The average molecular weight is 666 g/mol. The third-order valence-corrected chi connectivity index (χ3v) is 7.70. The van der Waals surface area contributed by atoms with Gasteiger partial charge in [0.25, 0.3) is 0 Å². The van der Waals surface area contributed by atoms with E-state index in [0.717, 1.165) is 34.5 Å². The lowest BCUT2D eigenvalue weighted by Gasteiger charge is -2.42. The molecular formula is C26H24I2N2O3. The van der Waals surface area contributed by atoms with Crippen LogP contribution in [0.3, 0.4) is 0 Å². The van der Waals surface area contributed by atoms with E-state index >= 15 is 0 Å². The molecule has 0 aliphatic carbocycles. The average Bonchev–Trinajstić information content (AvgIpc) is 2.82. The summed E-state index contributed by atoms with van der Waals surface area (Å²) in [5.74, 6) is -0.315. The van der Waals surface area contributed by atoms with Gasteiger partial charge in [-0.1, -0.05) is 35.9 Å². The van der Waals surface area contributed by atoms with Crippen LogP contribution in [0.1, 0.15) is 47.8 Å². The number of rotatable bonds is 4. The molecule has 0 spiro atoms. The minimum absolute atomic E-state index is 0.0481. The van der Waals surface area contributed by atoms with Crippen molar-refractivity contribution in [2.45, 2.75) is 39.3 Å². The van der Waals surface area contributed by atoms with Gasteiger partial charge in [-0.15, -0.1) is 0 Å². The number of fused-ring (bicyclic) bond motifs is 1. The predicted molar refractivity (Wildman–Crippen MR) is 149 cm³/mol. The number of benzene rings is 3. The summed E-state index contributed by atoms with van der Waals surface area (Å²) in [6, 6.07) is 22.4. The van der Waals surface area contributed by atoms with Gasteiger partial charge in [0, 0.05) is 24.3 Å². The normalized spacial score (nSPS) is 17.3. The summed E-state index contributed by atoms with van der Waals surface area (Å²) in [7, 11) is 0. The Labute approximate surface area is 222 Å². The van der Waals surface area contributed by atoms with Crippen molar-refractivity contribution in [3.8, 4) is 11.1 Å². The van der Waals surface area contributed by atoms with Crippen LogP contribution in [0.2, 0.25) is 0 Å². The lowest BCUT2D eigenvalue weighted by Crippen LogP contribution is -2.44. The van der Waals surface area contributed by atoms with E-state index < -0.39 is 0 Å². The van der Waals surface area contributed by atoms with Crippen LogP contribution in [0.25, 0.3) is 11.1 Å². The van der Waals surface area contributed by atoms with Gasteiger partial charge in [-0.25, -0.2) is 4.79 Å². The van der Waals surface area contributed by atoms with Crippen molar-refractivity contribution in [2.75, 3.05) is 8.01 Å². The first-order chi connectivity index (χ1) is 15.8. The Hall–Kier alpha value is -2.14. The van der Waals surface area contributed by atoms with E-state index in [-0.39, 0.29) is 24.0 Å². The molecule has 1 aliphatic rings. The van der Waals surface area contributed by atoms with E-state index in [4.69, 9.17) is 3.07 Å². The van der Waals surface area contributed by atoms with Crippen molar-refractivity contribution in [2.24, 2.45) is 0 Å². The topological polar surface area (TPSA) is 49.9 Å². The number of carbonyl (C=O) groups excluding carboxylic acids is 2. The summed E-state index contributed by atoms with van der Waals surface area (Å²) in [6.07, 6.45) is 0.827. The zero-order valence-electron chi connectivity index (χ0n) is 18.6. The fraction of sp³-hybridized carbons (Fsp3) is 0.231. The van der Waals surface area contributed by atoms with Crippen molar-refractivity contribution in [3.05, 3.63) is 83.4 Å². The molecule has 0 saturated carbocycles. The van der Waals surface area contributed by atoms with Crippen molar-refractivity contribution in [1.82, 2.24) is 0 Å². The summed E-state index contributed by atoms with van der Waals surface area (Å²) in [5.41, 5.74) is 6.98. The van der Waals surface area contributed by atoms with E-state index in [9.17, 15) is 9.59 Å². The molecule has 0 N–H and O–H groups in total. The lowest BCUT2D eigenvalue weighted by atomic mass is 9.88. The van der Waals surface area contributed by atoms with Crippen LogP contribution in [-0.4, -0.2) is 17.9 Å². The number of halogens is 2. The second-order valence-electron chi connectivity index (χ2n) is 8.35. The summed E-state index contributed by atoms with van der Waals surface area (Å²) >= 11 is 3.99. The maximum atomic E-state index is 12.5. The van der Waals surface area contributed by atoms with Crippen molar-refractivity contribution >= 4 is 69.1 Å². The molecule has 3 aromatic carbocycles. The molecule has 2 atom stereocenters.